The third-order valence-electron chi connectivity index (χ3n) is 3.04. The highest BCUT2D eigenvalue weighted by molar-refractivity contribution is 5.74. The van der Waals surface area contributed by atoms with E-state index in [2.05, 4.69) is 5.10 Å². The van der Waals surface area contributed by atoms with E-state index in [-0.39, 0.29) is 6.10 Å². The number of ether oxygens (including phenoxy) is 2. The lowest BCUT2D eigenvalue weighted by Gasteiger charge is -2.26. The second-order valence-electron chi connectivity index (χ2n) is 4.37. The SMILES string of the molecule is Cn1ncc(-c2cccc(OC3COC3)c2)c1N. The Morgan fingerprint density at radius 1 is 1.44 bits per heavy atom. The third-order valence-corrected chi connectivity index (χ3v) is 3.04. The van der Waals surface area contributed by atoms with Crippen molar-refractivity contribution in [1.29, 1.82) is 0 Å². The van der Waals surface area contributed by atoms with Gasteiger partial charge in [-0.3, -0.25) is 4.68 Å². The van der Waals surface area contributed by atoms with Gasteiger partial charge < -0.3 is 15.2 Å². The normalized spacial score (nSPS) is 15.4. The fourth-order valence-corrected chi connectivity index (χ4v) is 1.88. The fraction of sp³-hybridized carbons (Fsp3) is 0.308. The molecule has 1 aromatic heterocycles. The van der Waals surface area contributed by atoms with E-state index in [1.807, 2.05) is 31.3 Å². The first-order valence-corrected chi connectivity index (χ1v) is 5.86. The Morgan fingerprint density at radius 2 is 2.28 bits per heavy atom. The first-order chi connectivity index (χ1) is 8.74. The molecule has 5 nitrogen and oxygen atoms in total. The van der Waals surface area contributed by atoms with Crippen LogP contribution >= 0.6 is 0 Å². The Labute approximate surface area is 105 Å². The largest absolute Gasteiger partial charge is 0.486 e. The van der Waals surface area contributed by atoms with Gasteiger partial charge in [-0.1, -0.05) is 12.1 Å². The van der Waals surface area contributed by atoms with Crippen molar-refractivity contribution in [3.63, 3.8) is 0 Å². The lowest BCUT2D eigenvalue weighted by atomic mass is 10.1. The maximum absolute atomic E-state index is 5.96. The van der Waals surface area contributed by atoms with E-state index in [1.165, 1.54) is 0 Å². The highest BCUT2D eigenvalue weighted by atomic mass is 16.6. The summed E-state index contributed by atoms with van der Waals surface area (Å²) in [5.41, 5.74) is 7.90. The summed E-state index contributed by atoms with van der Waals surface area (Å²) in [4.78, 5) is 0. The van der Waals surface area contributed by atoms with Gasteiger partial charge in [-0.25, -0.2) is 0 Å². The van der Waals surface area contributed by atoms with Crippen LogP contribution < -0.4 is 10.5 Å². The van der Waals surface area contributed by atoms with Crippen LogP contribution in [0.4, 0.5) is 5.82 Å². The molecular weight excluding hydrogens is 230 g/mol. The van der Waals surface area contributed by atoms with Crippen LogP contribution in [0.2, 0.25) is 0 Å². The smallest absolute Gasteiger partial charge is 0.145 e. The molecular formula is C13H15N3O2. The Kier molecular flexibility index (Phi) is 2.68. The van der Waals surface area contributed by atoms with Crippen molar-refractivity contribution in [2.75, 3.05) is 18.9 Å². The summed E-state index contributed by atoms with van der Waals surface area (Å²) in [6.45, 7) is 1.33. The van der Waals surface area contributed by atoms with Crippen LogP contribution in [-0.2, 0) is 11.8 Å². The summed E-state index contributed by atoms with van der Waals surface area (Å²) in [6, 6.07) is 7.87. The molecule has 0 unspecified atom stereocenters. The predicted molar refractivity (Wildman–Crippen MR) is 68.3 cm³/mol. The number of anilines is 1. The average molecular weight is 245 g/mol. The molecule has 2 aromatic rings. The van der Waals surface area contributed by atoms with Crippen molar-refractivity contribution in [3.8, 4) is 16.9 Å². The second-order valence-corrected chi connectivity index (χ2v) is 4.37. The molecule has 0 aliphatic carbocycles. The fourth-order valence-electron chi connectivity index (χ4n) is 1.88. The van der Waals surface area contributed by atoms with Gasteiger partial charge in [0.05, 0.1) is 19.4 Å². The first kappa shape index (κ1) is 11.1. The van der Waals surface area contributed by atoms with Gasteiger partial charge >= 0.3 is 0 Å². The van der Waals surface area contributed by atoms with E-state index in [4.69, 9.17) is 15.2 Å². The van der Waals surface area contributed by atoms with Crippen LogP contribution in [0.1, 0.15) is 0 Å². The summed E-state index contributed by atoms with van der Waals surface area (Å²) in [5, 5.41) is 4.14. The van der Waals surface area contributed by atoms with Gasteiger partial charge in [0.15, 0.2) is 0 Å². The molecule has 1 saturated heterocycles. The molecule has 2 N–H and O–H groups in total. The minimum Gasteiger partial charge on any atom is -0.486 e. The molecule has 3 rings (SSSR count). The summed E-state index contributed by atoms with van der Waals surface area (Å²) in [6.07, 6.45) is 1.94. The van der Waals surface area contributed by atoms with Gasteiger partial charge in [0, 0.05) is 12.6 Å². The summed E-state index contributed by atoms with van der Waals surface area (Å²) >= 11 is 0. The monoisotopic (exact) mass is 245 g/mol. The minimum absolute atomic E-state index is 0.173. The quantitative estimate of drug-likeness (QED) is 0.889. The number of aromatic nitrogens is 2. The molecule has 0 atom stereocenters. The summed E-state index contributed by atoms with van der Waals surface area (Å²) in [7, 11) is 1.82. The van der Waals surface area contributed by atoms with Crippen LogP contribution in [0.3, 0.4) is 0 Å². The van der Waals surface area contributed by atoms with Gasteiger partial charge in [-0.15, -0.1) is 0 Å². The maximum atomic E-state index is 5.96. The van der Waals surface area contributed by atoms with E-state index >= 15 is 0 Å². The van der Waals surface area contributed by atoms with Gasteiger partial charge in [-0.2, -0.15) is 5.10 Å². The molecule has 0 radical (unpaired) electrons. The van der Waals surface area contributed by atoms with Crippen molar-refractivity contribution >= 4 is 5.82 Å². The number of benzene rings is 1. The van der Waals surface area contributed by atoms with Crippen molar-refractivity contribution in [2.45, 2.75) is 6.10 Å². The molecule has 1 aliphatic rings. The Morgan fingerprint density at radius 3 is 2.89 bits per heavy atom. The molecule has 1 fully saturated rings. The lowest BCUT2D eigenvalue weighted by Crippen LogP contribution is -2.38. The lowest BCUT2D eigenvalue weighted by molar-refractivity contribution is -0.0796. The predicted octanol–water partition coefficient (Wildman–Crippen LogP) is 1.45. The highest BCUT2D eigenvalue weighted by Gasteiger charge is 2.20. The average Bonchev–Trinajstić information content (AvgIpc) is 2.66. The van der Waals surface area contributed by atoms with Crippen molar-refractivity contribution in [2.24, 2.45) is 7.05 Å². The van der Waals surface area contributed by atoms with E-state index < -0.39 is 0 Å². The third kappa shape index (κ3) is 1.93. The molecule has 1 aliphatic heterocycles. The molecule has 0 bridgehead atoms. The maximum Gasteiger partial charge on any atom is 0.145 e. The molecule has 0 spiro atoms. The zero-order chi connectivity index (χ0) is 12.5. The van der Waals surface area contributed by atoms with Gasteiger partial charge in [0.1, 0.15) is 17.7 Å². The number of rotatable bonds is 3. The molecule has 18 heavy (non-hydrogen) atoms. The Balaban J connectivity index is 1.88. The van der Waals surface area contributed by atoms with E-state index in [0.29, 0.717) is 19.0 Å². The molecule has 2 heterocycles. The standard InChI is InChI=1S/C13H15N3O2/c1-16-13(14)12(6-15-16)9-3-2-4-10(5-9)18-11-7-17-8-11/h2-6,11H,7-8,14H2,1H3. The molecule has 5 heteroatoms. The molecule has 0 amide bonds. The van der Waals surface area contributed by atoms with Crippen LogP contribution in [-0.4, -0.2) is 29.1 Å². The summed E-state index contributed by atoms with van der Waals surface area (Å²) < 4.78 is 12.5. The number of nitrogens with two attached hydrogens (primary N) is 1. The van der Waals surface area contributed by atoms with Crippen molar-refractivity contribution in [3.05, 3.63) is 30.5 Å². The van der Waals surface area contributed by atoms with E-state index in [1.54, 1.807) is 10.9 Å². The summed E-state index contributed by atoms with van der Waals surface area (Å²) in [5.74, 6) is 1.49. The van der Waals surface area contributed by atoms with Crippen molar-refractivity contribution < 1.29 is 9.47 Å². The number of nitrogens with zero attached hydrogens (tertiary/aromatic N) is 2. The molecule has 1 aromatic carbocycles. The van der Waals surface area contributed by atoms with Gasteiger partial charge in [-0.05, 0) is 17.7 Å². The number of aryl methyl sites for hydroxylation is 1. The number of nitrogen functional groups attached to an aromatic ring is 1. The van der Waals surface area contributed by atoms with Crippen LogP contribution in [0.25, 0.3) is 11.1 Å². The van der Waals surface area contributed by atoms with E-state index in [0.717, 1.165) is 16.9 Å². The Bertz CT molecular complexity index is 561. The van der Waals surface area contributed by atoms with Crippen LogP contribution in [0.15, 0.2) is 30.5 Å². The van der Waals surface area contributed by atoms with Gasteiger partial charge in [0.2, 0.25) is 0 Å². The van der Waals surface area contributed by atoms with Crippen LogP contribution in [0, 0.1) is 0 Å². The zero-order valence-corrected chi connectivity index (χ0v) is 10.2. The minimum atomic E-state index is 0.173. The van der Waals surface area contributed by atoms with Gasteiger partial charge in [0.25, 0.3) is 0 Å². The van der Waals surface area contributed by atoms with E-state index in [9.17, 15) is 0 Å². The van der Waals surface area contributed by atoms with Crippen molar-refractivity contribution in [1.82, 2.24) is 9.78 Å². The Hall–Kier alpha value is -2.01. The van der Waals surface area contributed by atoms with Crippen LogP contribution in [0.5, 0.6) is 5.75 Å². The number of hydrogen-bond acceptors (Lipinski definition) is 4. The second kappa shape index (κ2) is 4.34. The first-order valence-electron chi connectivity index (χ1n) is 5.86. The number of hydrogen-bond donors (Lipinski definition) is 1. The topological polar surface area (TPSA) is 62.3 Å². The highest BCUT2D eigenvalue weighted by Crippen LogP contribution is 2.28. The molecule has 94 valence electrons. The molecule has 0 saturated carbocycles. The zero-order valence-electron chi connectivity index (χ0n) is 10.2.